The quantitative estimate of drug-likeness (QED) is 0.400. The molecule has 0 aliphatic heterocycles. The first kappa shape index (κ1) is 15.8. The molecular formula is C12H21ClF2O. The molecule has 16 heavy (non-hydrogen) atoms. The number of ketones is 1. The van der Waals surface area contributed by atoms with Gasteiger partial charge >= 0.3 is 5.38 Å². The number of halogens is 3. The van der Waals surface area contributed by atoms with Gasteiger partial charge in [-0.05, 0) is 18.0 Å². The molecule has 4 heteroatoms. The fraction of sp³-hybridized carbons (Fsp3) is 0.917. The van der Waals surface area contributed by atoms with E-state index in [1.54, 1.807) is 0 Å². The normalized spacial score (nSPS) is 11.8. The van der Waals surface area contributed by atoms with Crippen LogP contribution in [0.5, 0.6) is 0 Å². The summed E-state index contributed by atoms with van der Waals surface area (Å²) in [5.74, 6) is -1.15. The van der Waals surface area contributed by atoms with Gasteiger partial charge in [0.1, 0.15) is 0 Å². The molecule has 96 valence electrons. The molecule has 0 aromatic carbocycles. The first-order valence-electron chi connectivity index (χ1n) is 6.08. The van der Waals surface area contributed by atoms with Crippen molar-refractivity contribution in [2.75, 3.05) is 0 Å². The first-order valence-corrected chi connectivity index (χ1v) is 6.46. The van der Waals surface area contributed by atoms with Crippen LogP contribution in [-0.2, 0) is 4.79 Å². The predicted octanol–water partition coefficient (Wildman–Crippen LogP) is 4.92. The van der Waals surface area contributed by atoms with Gasteiger partial charge in [0.15, 0.2) is 0 Å². The molecule has 0 unspecified atom stereocenters. The second-order valence-corrected chi connectivity index (χ2v) is 4.62. The van der Waals surface area contributed by atoms with E-state index in [4.69, 9.17) is 0 Å². The SMILES string of the molecule is CCCCCCCCCCC(=O)C(F)(F)Cl. The third kappa shape index (κ3) is 9.08. The summed E-state index contributed by atoms with van der Waals surface area (Å²) in [7, 11) is 0. The number of alkyl halides is 3. The molecule has 0 fully saturated rings. The number of hydrogen-bond donors (Lipinski definition) is 0. The third-order valence-electron chi connectivity index (χ3n) is 2.57. The molecule has 0 aromatic heterocycles. The molecule has 1 nitrogen and oxygen atoms in total. The Labute approximate surface area is 102 Å². The van der Waals surface area contributed by atoms with E-state index in [0.29, 0.717) is 6.42 Å². The van der Waals surface area contributed by atoms with Gasteiger partial charge in [-0.2, -0.15) is 8.78 Å². The summed E-state index contributed by atoms with van der Waals surface area (Å²) < 4.78 is 24.5. The Hall–Kier alpha value is -0.180. The number of rotatable bonds is 10. The molecule has 0 N–H and O–H groups in total. The van der Waals surface area contributed by atoms with Gasteiger partial charge in [0.05, 0.1) is 0 Å². The van der Waals surface area contributed by atoms with E-state index in [1.165, 1.54) is 25.7 Å². The van der Waals surface area contributed by atoms with Crippen LogP contribution < -0.4 is 0 Å². The smallest absolute Gasteiger partial charge is 0.291 e. The maximum atomic E-state index is 12.2. The summed E-state index contributed by atoms with van der Waals surface area (Å²) in [4.78, 5) is 10.8. The molecule has 0 bridgehead atoms. The molecule has 0 amide bonds. The zero-order valence-electron chi connectivity index (χ0n) is 9.91. The van der Waals surface area contributed by atoms with Crippen LogP contribution in [-0.4, -0.2) is 11.2 Å². The number of unbranched alkanes of at least 4 members (excludes halogenated alkanes) is 7. The zero-order valence-corrected chi connectivity index (χ0v) is 10.7. The minimum Gasteiger partial charge on any atom is -0.291 e. The van der Waals surface area contributed by atoms with Crippen LogP contribution in [0, 0.1) is 0 Å². The van der Waals surface area contributed by atoms with Gasteiger partial charge in [-0.15, -0.1) is 0 Å². The van der Waals surface area contributed by atoms with Gasteiger partial charge in [0.2, 0.25) is 5.78 Å². The van der Waals surface area contributed by atoms with Crippen molar-refractivity contribution in [3.63, 3.8) is 0 Å². The van der Waals surface area contributed by atoms with E-state index in [1.807, 2.05) is 0 Å². The Kier molecular flexibility index (Phi) is 8.81. The lowest BCUT2D eigenvalue weighted by molar-refractivity contribution is -0.133. The van der Waals surface area contributed by atoms with Crippen molar-refractivity contribution in [1.82, 2.24) is 0 Å². The molecule has 0 rings (SSSR count). The van der Waals surface area contributed by atoms with Gasteiger partial charge in [-0.25, -0.2) is 0 Å². The minimum absolute atomic E-state index is 0.106. The van der Waals surface area contributed by atoms with E-state index in [2.05, 4.69) is 18.5 Å². The number of carbonyl (C=O) groups excluding carboxylic acids is 1. The van der Waals surface area contributed by atoms with Crippen molar-refractivity contribution in [3.8, 4) is 0 Å². The second-order valence-electron chi connectivity index (χ2n) is 4.15. The molecule has 0 saturated heterocycles. The molecule has 0 aliphatic carbocycles. The van der Waals surface area contributed by atoms with Crippen molar-refractivity contribution in [2.24, 2.45) is 0 Å². The van der Waals surface area contributed by atoms with E-state index in [-0.39, 0.29) is 6.42 Å². The molecule has 0 atom stereocenters. The summed E-state index contributed by atoms with van der Waals surface area (Å²) in [5.41, 5.74) is 0. The summed E-state index contributed by atoms with van der Waals surface area (Å²) >= 11 is 4.60. The summed E-state index contributed by atoms with van der Waals surface area (Å²) in [6.45, 7) is 2.16. The lowest BCUT2D eigenvalue weighted by atomic mass is 10.1. The zero-order chi connectivity index (χ0) is 12.4. The van der Waals surface area contributed by atoms with Gasteiger partial charge in [0.25, 0.3) is 0 Å². The second kappa shape index (κ2) is 8.91. The summed E-state index contributed by atoms with van der Waals surface area (Å²) in [6, 6.07) is 0. The van der Waals surface area contributed by atoms with Crippen molar-refractivity contribution >= 4 is 17.4 Å². The van der Waals surface area contributed by atoms with Crippen LogP contribution in [0.25, 0.3) is 0 Å². The standard InChI is InChI=1S/C12H21ClF2O/c1-2-3-4-5-6-7-8-9-10-11(16)12(13,14)15/h2-10H2,1H3. The van der Waals surface area contributed by atoms with E-state index in [0.717, 1.165) is 19.3 Å². The Morgan fingerprint density at radius 2 is 1.44 bits per heavy atom. The molecular weight excluding hydrogens is 234 g/mol. The van der Waals surface area contributed by atoms with Crippen molar-refractivity contribution in [1.29, 1.82) is 0 Å². The maximum Gasteiger partial charge on any atom is 0.380 e. The minimum atomic E-state index is -3.67. The fourth-order valence-corrected chi connectivity index (χ4v) is 1.66. The van der Waals surface area contributed by atoms with Crippen LogP contribution in [0.3, 0.4) is 0 Å². The van der Waals surface area contributed by atoms with Crippen LogP contribution in [0.1, 0.15) is 64.7 Å². The lowest BCUT2D eigenvalue weighted by Crippen LogP contribution is -2.20. The average Bonchev–Trinajstić information content (AvgIpc) is 2.20. The molecule has 0 spiro atoms. The molecule has 0 aromatic rings. The Balaban J connectivity index is 3.25. The maximum absolute atomic E-state index is 12.2. The van der Waals surface area contributed by atoms with E-state index < -0.39 is 11.2 Å². The van der Waals surface area contributed by atoms with Gasteiger partial charge < -0.3 is 0 Å². The largest absolute Gasteiger partial charge is 0.380 e. The highest BCUT2D eigenvalue weighted by atomic mass is 35.5. The number of carbonyl (C=O) groups is 1. The molecule has 0 saturated carbocycles. The average molecular weight is 255 g/mol. The van der Waals surface area contributed by atoms with Crippen molar-refractivity contribution < 1.29 is 13.6 Å². The summed E-state index contributed by atoms with van der Waals surface area (Å²) in [6.07, 6.45) is 8.33. The van der Waals surface area contributed by atoms with Crippen LogP contribution in [0.15, 0.2) is 0 Å². The molecule has 0 radical (unpaired) electrons. The molecule has 0 aliphatic rings. The Bertz CT molecular complexity index is 190. The van der Waals surface area contributed by atoms with E-state index >= 15 is 0 Å². The van der Waals surface area contributed by atoms with Crippen LogP contribution in [0.4, 0.5) is 8.78 Å². The third-order valence-corrected chi connectivity index (χ3v) is 2.78. The predicted molar refractivity (Wildman–Crippen MR) is 63.0 cm³/mol. The summed E-state index contributed by atoms with van der Waals surface area (Å²) in [5, 5.41) is -3.67. The Morgan fingerprint density at radius 1 is 1.00 bits per heavy atom. The van der Waals surface area contributed by atoms with Crippen molar-refractivity contribution in [2.45, 2.75) is 70.1 Å². The highest BCUT2D eigenvalue weighted by Gasteiger charge is 2.34. The number of Topliss-reactive ketones (excluding diaryl/α,β-unsaturated/α-hetero) is 1. The van der Waals surface area contributed by atoms with Crippen molar-refractivity contribution in [3.05, 3.63) is 0 Å². The van der Waals surface area contributed by atoms with Gasteiger partial charge in [-0.1, -0.05) is 51.9 Å². The molecule has 0 heterocycles. The van der Waals surface area contributed by atoms with E-state index in [9.17, 15) is 13.6 Å². The van der Waals surface area contributed by atoms with Gasteiger partial charge in [-0.3, -0.25) is 4.79 Å². The topological polar surface area (TPSA) is 17.1 Å². The van der Waals surface area contributed by atoms with Crippen LogP contribution >= 0.6 is 11.6 Å². The fourth-order valence-electron chi connectivity index (χ4n) is 1.56. The van der Waals surface area contributed by atoms with Gasteiger partial charge in [0, 0.05) is 6.42 Å². The lowest BCUT2D eigenvalue weighted by Gasteiger charge is -2.05. The Morgan fingerprint density at radius 3 is 1.88 bits per heavy atom. The van der Waals surface area contributed by atoms with Crippen LogP contribution in [0.2, 0.25) is 0 Å². The highest BCUT2D eigenvalue weighted by molar-refractivity contribution is 6.32. The highest BCUT2D eigenvalue weighted by Crippen LogP contribution is 2.22. The number of hydrogen-bond acceptors (Lipinski definition) is 1. The monoisotopic (exact) mass is 254 g/mol. The first-order chi connectivity index (χ1) is 7.48.